The van der Waals surface area contributed by atoms with Crippen molar-refractivity contribution in [3.8, 4) is 0 Å². The molecule has 1 rings (SSSR count). The van der Waals surface area contributed by atoms with Crippen LogP contribution in [-0.2, 0) is 9.53 Å². The molecule has 4 heteroatoms. The number of nitrogens with zero attached hydrogens (tertiary/aromatic N) is 1. The maximum absolute atomic E-state index is 9.95. The van der Waals surface area contributed by atoms with Gasteiger partial charge in [-0.15, -0.1) is 0 Å². The Kier molecular flexibility index (Phi) is 4.33. The zero-order valence-corrected chi connectivity index (χ0v) is 8.49. The van der Waals surface area contributed by atoms with Crippen LogP contribution in [0.15, 0.2) is 29.3 Å². The lowest BCUT2D eigenvalue weighted by Crippen LogP contribution is -2.04. The molecule has 0 saturated heterocycles. The molecule has 0 radical (unpaired) electrons. The van der Waals surface area contributed by atoms with E-state index in [9.17, 15) is 4.79 Å². The second-order valence-corrected chi connectivity index (χ2v) is 3.15. The molecule has 0 heterocycles. The van der Waals surface area contributed by atoms with Crippen LogP contribution in [0.2, 0.25) is 5.02 Å². The summed E-state index contributed by atoms with van der Waals surface area (Å²) in [5.74, 6) is 0. The van der Waals surface area contributed by atoms with Gasteiger partial charge in [0.05, 0.1) is 6.54 Å². The molecule has 0 spiro atoms. The largest absolute Gasteiger partial charge is 0.375 e. The van der Waals surface area contributed by atoms with Gasteiger partial charge in [-0.1, -0.05) is 23.7 Å². The maximum atomic E-state index is 9.95. The van der Waals surface area contributed by atoms with E-state index in [0.717, 1.165) is 5.56 Å². The van der Waals surface area contributed by atoms with Crippen molar-refractivity contribution < 1.29 is 9.53 Å². The number of hydrogen-bond acceptors (Lipinski definition) is 3. The topological polar surface area (TPSA) is 38.7 Å². The van der Waals surface area contributed by atoms with E-state index in [1.165, 1.54) is 6.08 Å². The summed E-state index contributed by atoms with van der Waals surface area (Å²) in [6.07, 6.45) is 1.24. The molecule has 1 unspecified atom stereocenters. The molecule has 0 aliphatic rings. The third kappa shape index (κ3) is 2.96. The fourth-order valence-corrected chi connectivity index (χ4v) is 1.34. The number of hydrogen-bond donors (Lipinski definition) is 0. The maximum Gasteiger partial charge on any atom is 0.235 e. The second-order valence-electron chi connectivity index (χ2n) is 2.71. The van der Waals surface area contributed by atoms with Crippen LogP contribution in [0.25, 0.3) is 0 Å². The van der Waals surface area contributed by atoms with Crippen molar-refractivity contribution in [1.82, 2.24) is 0 Å². The monoisotopic (exact) mass is 211 g/mol. The minimum Gasteiger partial charge on any atom is -0.375 e. The van der Waals surface area contributed by atoms with E-state index in [-0.39, 0.29) is 12.6 Å². The first-order valence-electron chi connectivity index (χ1n) is 4.10. The Morgan fingerprint density at radius 1 is 1.64 bits per heavy atom. The fourth-order valence-electron chi connectivity index (χ4n) is 1.14. The molecule has 1 atom stereocenters. The van der Waals surface area contributed by atoms with Gasteiger partial charge >= 0.3 is 0 Å². The van der Waals surface area contributed by atoms with Gasteiger partial charge in [-0.25, -0.2) is 9.79 Å². The molecular formula is C10H10ClNO2. The summed E-state index contributed by atoms with van der Waals surface area (Å²) in [6, 6.07) is 7.27. The van der Waals surface area contributed by atoms with E-state index in [0.29, 0.717) is 5.02 Å². The van der Waals surface area contributed by atoms with Crippen molar-refractivity contribution in [2.75, 3.05) is 13.7 Å². The summed E-state index contributed by atoms with van der Waals surface area (Å²) in [7, 11) is 1.56. The summed E-state index contributed by atoms with van der Waals surface area (Å²) in [4.78, 5) is 13.4. The van der Waals surface area contributed by atoms with Crippen molar-refractivity contribution in [2.45, 2.75) is 6.10 Å². The number of methoxy groups -OCH3 is 1. The molecule has 14 heavy (non-hydrogen) atoms. The van der Waals surface area contributed by atoms with Crippen molar-refractivity contribution in [3.63, 3.8) is 0 Å². The Balaban J connectivity index is 2.83. The summed E-state index contributed by atoms with van der Waals surface area (Å²) >= 11 is 5.82. The smallest absolute Gasteiger partial charge is 0.235 e. The minimum atomic E-state index is -0.241. The van der Waals surface area contributed by atoms with Gasteiger partial charge in [0, 0.05) is 12.1 Å². The molecule has 0 aliphatic carbocycles. The van der Waals surface area contributed by atoms with Crippen LogP contribution in [0.4, 0.5) is 0 Å². The first-order valence-corrected chi connectivity index (χ1v) is 4.47. The molecule has 1 aromatic rings. The normalized spacial score (nSPS) is 11.9. The van der Waals surface area contributed by atoms with Gasteiger partial charge < -0.3 is 4.74 Å². The summed E-state index contributed by atoms with van der Waals surface area (Å²) in [5.41, 5.74) is 0.902. The van der Waals surface area contributed by atoms with Gasteiger partial charge in [-0.05, 0) is 17.7 Å². The van der Waals surface area contributed by atoms with Gasteiger partial charge in [-0.3, -0.25) is 0 Å². The van der Waals surface area contributed by atoms with E-state index >= 15 is 0 Å². The molecular weight excluding hydrogens is 202 g/mol. The van der Waals surface area contributed by atoms with Crippen LogP contribution in [0.1, 0.15) is 11.7 Å². The van der Waals surface area contributed by atoms with Gasteiger partial charge in [0.1, 0.15) is 6.10 Å². The Bertz CT molecular complexity index is 348. The van der Waals surface area contributed by atoms with Crippen LogP contribution >= 0.6 is 11.6 Å². The molecule has 0 saturated carbocycles. The summed E-state index contributed by atoms with van der Waals surface area (Å²) < 4.78 is 5.16. The molecule has 0 fully saturated rings. The predicted molar refractivity (Wildman–Crippen MR) is 54.2 cm³/mol. The van der Waals surface area contributed by atoms with Crippen molar-refractivity contribution in [3.05, 3.63) is 34.9 Å². The molecule has 0 aromatic heterocycles. The van der Waals surface area contributed by atoms with Crippen LogP contribution < -0.4 is 0 Å². The van der Waals surface area contributed by atoms with Crippen LogP contribution in [0.5, 0.6) is 0 Å². The number of rotatable bonds is 4. The van der Waals surface area contributed by atoms with Gasteiger partial charge in [0.15, 0.2) is 0 Å². The first kappa shape index (κ1) is 10.9. The number of isocyanates is 1. The number of carbonyl (C=O) groups excluding carboxylic acids is 1. The SMILES string of the molecule is COC(CN=C=O)c1cccc(Cl)c1. The Hall–Kier alpha value is -1.15. The minimum absolute atomic E-state index is 0.241. The van der Waals surface area contributed by atoms with Crippen molar-refractivity contribution >= 4 is 17.7 Å². The molecule has 1 aromatic carbocycles. The quantitative estimate of drug-likeness (QED) is 0.567. The molecule has 0 amide bonds. The first-order chi connectivity index (χ1) is 6.77. The van der Waals surface area contributed by atoms with E-state index < -0.39 is 0 Å². The fraction of sp³-hybridized carbons (Fsp3) is 0.300. The lowest BCUT2D eigenvalue weighted by atomic mass is 10.1. The third-order valence-corrected chi connectivity index (χ3v) is 2.06. The van der Waals surface area contributed by atoms with E-state index in [1.54, 1.807) is 19.2 Å². The molecule has 0 aliphatic heterocycles. The molecule has 0 N–H and O–H groups in total. The van der Waals surface area contributed by atoms with Gasteiger partial charge in [-0.2, -0.15) is 0 Å². The predicted octanol–water partition coefficient (Wildman–Crippen LogP) is 2.36. The Morgan fingerprint density at radius 3 is 3.00 bits per heavy atom. The zero-order valence-electron chi connectivity index (χ0n) is 7.74. The number of ether oxygens (including phenoxy) is 1. The highest BCUT2D eigenvalue weighted by molar-refractivity contribution is 6.30. The Morgan fingerprint density at radius 2 is 2.43 bits per heavy atom. The van der Waals surface area contributed by atoms with Gasteiger partial charge in [0.2, 0.25) is 6.08 Å². The highest BCUT2D eigenvalue weighted by Crippen LogP contribution is 2.20. The molecule has 74 valence electrons. The number of aliphatic imine (C=N–C) groups is 1. The lowest BCUT2D eigenvalue weighted by Gasteiger charge is -2.12. The average molecular weight is 212 g/mol. The summed E-state index contributed by atoms with van der Waals surface area (Å²) in [6.45, 7) is 0.264. The van der Waals surface area contributed by atoms with Crippen LogP contribution in [-0.4, -0.2) is 19.7 Å². The zero-order chi connectivity index (χ0) is 10.4. The standard InChI is InChI=1S/C10H10ClNO2/c1-14-10(6-12-7-13)8-3-2-4-9(11)5-8/h2-5,10H,6H2,1H3. The van der Waals surface area contributed by atoms with E-state index in [2.05, 4.69) is 4.99 Å². The van der Waals surface area contributed by atoms with Gasteiger partial charge in [0.25, 0.3) is 0 Å². The lowest BCUT2D eigenvalue weighted by molar-refractivity contribution is 0.111. The second kappa shape index (κ2) is 5.55. The van der Waals surface area contributed by atoms with E-state index in [4.69, 9.17) is 16.3 Å². The van der Waals surface area contributed by atoms with Crippen LogP contribution in [0.3, 0.4) is 0 Å². The third-order valence-electron chi connectivity index (χ3n) is 1.83. The highest BCUT2D eigenvalue weighted by Gasteiger charge is 2.09. The van der Waals surface area contributed by atoms with Crippen molar-refractivity contribution in [1.29, 1.82) is 0 Å². The van der Waals surface area contributed by atoms with Crippen molar-refractivity contribution in [2.24, 2.45) is 4.99 Å². The average Bonchev–Trinajstić information content (AvgIpc) is 2.19. The number of benzene rings is 1. The molecule has 3 nitrogen and oxygen atoms in total. The number of halogens is 1. The highest BCUT2D eigenvalue weighted by atomic mass is 35.5. The summed E-state index contributed by atoms with van der Waals surface area (Å²) in [5, 5.41) is 0.639. The Labute approximate surface area is 87.4 Å². The van der Waals surface area contributed by atoms with Crippen LogP contribution in [0, 0.1) is 0 Å². The van der Waals surface area contributed by atoms with E-state index in [1.807, 2.05) is 12.1 Å². The molecule has 0 bridgehead atoms.